The van der Waals surface area contributed by atoms with Gasteiger partial charge in [-0.15, -0.1) is 0 Å². The minimum Gasteiger partial charge on any atom is -0.456 e. The van der Waals surface area contributed by atoms with Crippen molar-refractivity contribution in [1.82, 2.24) is 19.5 Å². The summed E-state index contributed by atoms with van der Waals surface area (Å²) in [5, 5.41) is 6.61. The molecule has 0 radical (unpaired) electrons. The van der Waals surface area contributed by atoms with Gasteiger partial charge in [-0.25, -0.2) is 15.0 Å². The maximum atomic E-state index is 6.61. The van der Waals surface area contributed by atoms with Gasteiger partial charge in [-0.3, -0.25) is 0 Å². The highest BCUT2D eigenvalue weighted by Crippen LogP contribution is 2.40. The molecular formula is C51H30N4O2. The van der Waals surface area contributed by atoms with Gasteiger partial charge in [0.15, 0.2) is 17.5 Å². The Labute approximate surface area is 325 Å². The molecule has 266 valence electrons. The SMILES string of the molecule is c1ccc(-c2nc(-c3ccccc3)nc(-c3cccc4oc5cc(-c6ccc7c(c6)oc6cc(-n8c9ccccc9c9ccccc98)ccc67)ccc5c34)n2)cc1. The van der Waals surface area contributed by atoms with E-state index in [0.717, 1.165) is 77.4 Å². The number of benzene rings is 8. The highest BCUT2D eigenvalue weighted by atomic mass is 16.3. The fourth-order valence-electron chi connectivity index (χ4n) is 8.41. The summed E-state index contributed by atoms with van der Waals surface area (Å²) in [5.74, 6) is 1.84. The highest BCUT2D eigenvalue weighted by molar-refractivity contribution is 6.13. The van der Waals surface area contributed by atoms with Gasteiger partial charge in [0.25, 0.3) is 0 Å². The maximum Gasteiger partial charge on any atom is 0.164 e. The van der Waals surface area contributed by atoms with Gasteiger partial charge in [0.05, 0.1) is 11.0 Å². The molecule has 4 aromatic heterocycles. The van der Waals surface area contributed by atoms with Gasteiger partial charge in [0.1, 0.15) is 22.3 Å². The molecule has 0 atom stereocenters. The monoisotopic (exact) mass is 730 g/mol. The van der Waals surface area contributed by atoms with Crippen LogP contribution in [-0.2, 0) is 0 Å². The third-order valence-corrected chi connectivity index (χ3v) is 11.1. The van der Waals surface area contributed by atoms with Crippen LogP contribution in [0.1, 0.15) is 0 Å². The molecule has 12 rings (SSSR count). The molecule has 12 aromatic rings. The molecule has 0 unspecified atom stereocenters. The van der Waals surface area contributed by atoms with Crippen LogP contribution in [0.15, 0.2) is 191 Å². The van der Waals surface area contributed by atoms with Crippen molar-refractivity contribution in [2.24, 2.45) is 0 Å². The second-order valence-corrected chi connectivity index (χ2v) is 14.4. The van der Waals surface area contributed by atoms with Crippen molar-refractivity contribution in [2.75, 3.05) is 0 Å². The molecule has 8 aromatic carbocycles. The topological polar surface area (TPSA) is 69.9 Å². The lowest BCUT2D eigenvalue weighted by molar-refractivity contribution is 0.668. The molecule has 0 aliphatic heterocycles. The van der Waals surface area contributed by atoms with Gasteiger partial charge < -0.3 is 13.4 Å². The third-order valence-electron chi connectivity index (χ3n) is 11.1. The van der Waals surface area contributed by atoms with Crippen LogP contribution in [0.4, 0.5) is 0 Å². The van der Waals surface area contributed by atoms with E-state index in [1.54, 1.807) is 0 Å². The molecule has 6 nitrogen and oxygen atoms in total. The van der Waals surface area contributed by atoms with Crippen LogP contribution in [-0.4, -0.2) is 19.5 Å². The molecular weight excluding hydrogens is 701 g/mol. The first-order chi connectivity index (χ1) is 28.2. The van der Waals surface area contributed by atoms with Gasteiger partial charge in [0, 0.05) is 60.8 Å². The Morgan fingerprint density at radius 2 is 0.842 bits per heavy atom. The van der Waals surface area contributed by atoms with Crippen LogP contribution in [0.2, 0.25) is 0 Å². The second-order valence-electron chi connectivity index (χ2n) is 14.4. The van der Waals surface area contributed by atoms with Crippen LogP contribution in [0.25, 0.3) is 117 Å². The Kier molecular flexibility index (Phi) is 6.83. The van der Waals surface area contributed by atoms with Gasteiger partial charge >= 0.3 is 0 Å². The van der Waals surface area contributed by atoms with Crippen LogP contribution in [0.5, 0.6) is 0 Å². The Morgan fingerprint density at radius 3 is 1.49 bits per heavy atom. The van der Waals surface area contributed by atoms with Gasteiger partial charge in [-0.1, -0.05) is 121 Å². The molecule has 0 spiro atoms. The van der Waals surface area contributed by atoms with E-state index in [-0.39, 0.29) is 0 Å². The number of rotatable bonds is 5. The summed E-state index contributed by atoms with van der Waals surface area (Å²) in [6, 6.07) is 62.7. The lowest BCUT2D eigenvalue weighted by atomic mass is 10.0. The lowest BCUT2D eigenvalue weighted by Crippen LogP contribution is -2.00. The molecule has 4 heterocycles. The molecule has 0 bridgehead atoms. The number of nitrogens with zero attached hydrogens (tertiary/aromatic N) is 4. The van der Waals surface area contributed by atoms with Crippen molar-refractivity contribution >= 4 is 65.7 Å². The summed E-state index contributed by atoms with van der Waals surface area (Å²) in [4.78, 5) is 14.9. The van der Waals surface area contributed by atoms with Crippen molar-refractivity contribution in [3.63, 3.8) is 0 Å². The number of aromatic nitrogens is 4. The first-order valence-electron chi connectivity index (χ1n) is 19.0. The van der Waals surface area contributed by atoms with Crippen molar-refractivity contribution in [1.29, 1.82) is 0 Å². The summed E-state index contributed by atoms with van der Waals surface area (Å²) < 4.78 is 15.5. The van der Waals surface area contributed by atoms with E-state index < -0.39 is 0 Å². The zero-order valence-electron chi connectivity index (χ0n) is 30.4. The molecule has 0 saturated carbocycles. The molecule has 0 aliphatic rings. The van der Waals surface area contributed by atoms with Crippen LogP contribution in [0, 0.1) is 0 Å². The average Bonchev–Trinajstić information content (AvgIpc) is 3.95. The summed E-state index contributed by atoms with van der Waals surface area (Å²) in [6.45, 7) is 0. The Balaban J connectivity index is 0.953. The maximum absolute atomic E-state index is 6.61. The van der Waals surface area contributed by atoms with E-state index in [0.29, 0.717) is 17.5 Å². The molecule has 6 heteroatoms. The van der Waals surface area contributed by atoms with Gasteiger partial charge in [-0.2, -0.15) is 0 Å². The second kappa shape index (κ2) is 12.3. The molecule has 0 saturated heterocycles. The van der Waals surface area contributed by atoms with Crippen LogP contribution >= 0.6 is 0 Å². The van der Waals surface area contributed by atoms with E-state index in [4.69, 9.17) is 23.8 Å². The van der Waals surface area contributed by atoms with Crippen molar-refractivity contribution in [3.05, 3.63) is 182 Å². The fourth-order valence-corrected chi connectivity index (χ4v) is 8.41. The normalized spacial score (nSPS) is 11.9. The quantitative estimate of drug-likeness (QED) is 0.176. The number of furan rings is 2. The Hall–Kier alpha value is -7.83. The van der Waals surface area contributed by atoms with E-state index in [1.165, 1.54) is 21.8 Å². The summed E-state index contributed by atoms with van der Waals surface area (Å²) >= 11 is 0. The smallest absolute Gasteiger partial charge is 0.164 e. The van der Waals surface area contributed by atoms with Crippen molar-refractivity contribution in [3.8, 4) is 51.0 Å². The van der Waals surface area contributed by atoms with E-state index in [2.05, 4.69) is 114 Å². The minimum atomic E-state index is 0.594. The largest absolute Gasteiger partial charge is 0.456 e. The molecule has 0 aliphatic carbocycles. The van der Waals surface area contributed by atoms with E-state index in [1.807, 2.05) is 72.8 Å². The fraction of sp³-hybridized carbons (Fsp3) is 0. The zero-order valence-corrected chi connectivity index (χ0v) is 30.4. The Bertz CT molecular complexity index is 3410. The van der Waals surface area contributed by atoms with E-state index in [9.17, 15) is 0 Å². The summed E-state index contributed by atoms with van der Waals surface area (Å²) in [7, 11) is 0. The van der Waals surface area contributed by atoms with E-state index >= 15 is 0 Å². The Morgan fingerprint density at radius 1 is 0.333 bits per heavy atom. The van der Waals surface area contributed by atoms with Gasteiger partial charge in [-0.05, 0) is 65.7 Å². The predicted octanol–water partition coefficient (Wildman–Crippen LogP) is 13.4. The number of hydrogen-bond acceptors (Lipinski definition) is 5. The lowest BCUT2D eigenvalue weighted by Gasteiger charge is -2.09. The zero-order chi connectivity index (χ0) is 37.5. The van der Waals surface area contributed by atoms with Crippen LogP contribution in [0.3, 0.4) is 0 Å². The first-order valence-corrected chi connectivity index (χ1v) is 19.0. The summed E-state index contributed by atoms with van der Waals surface area (Å²) in [5.41, 5.74) is 11.5. The minimum absolute atomic E-state index is 0.594. The van der Waals surface area contributed by atoms with Crippen molar-refractivity contribution < 1.29 is 8.83 Å². The van der Waals surface area contributed by atoms with Crippen molar-refractivity contribution in [2.45, 2.75) is 0 Å². The molecule has 0 N–H and O–H groups in total. The van der Waals surface area contributed by atoms with Gasteiger partial charge in [0.2, 0.25) is 0 Å². The predicted molar refractivity (Wildman–Crippen MR) is 230 cm³/mol. The third kappa shape index (κ3) is 5.01. The number of hydrogen-bond donors (Lipinski definition) is 0. The number of para-hydroxylation sites is 2. The first kappa shape index (κ1) is 31.5. The average molecular weight is 731 g/mol. The molecule has 0 fully saturated rings. The molecule has 0 amide bonds. The standard InChI is InChI=1S/C51H30N4O2/c1-3-12-31(13-4-1)49-52-50(32-14-5-2-6-15-32)54-51(53-49)41-18-11-21-44-48(41)40-26-23-34(29-46(40)56-44)33-22-25-38-39-27-24-35(30-47(39)57-45(38)28-33)55-42-19-9-7-16-36(42)37-17-8-10-20-43(37)55/h1-30H. The molecule has 57 heavy (non-hydrogen) atoms. The number of fused-ring (bicyclic) bond motifs is 9. The highest BCUT2D eigenvalue weighted by Gasteiger charge is 2.19. The van der Waals surface area contributed by atoms with Crippen LogP contribution < -0.4 is 0 Å². The summed E-state index contributed by atoms with van der Waals surface area (Å²) in [6.07, 6.45) is 0.